The molecule has 0 atom stereocenters. The number of carboxylic acids is 1. The summed E-state index contributed by atoms with van der Waals surface area (Å²) in [6.07, 6.45) is 1.70. The summed E-state index contributed by atoms with van der Waals surface area (Å²) in [7, 11) is 3.15. The van der Waals surface area contributed by atoms with Crippen LogP contribution in [0.1, 0.15) is 20.4 Å². The number of aromatic nitrogens is 3. The number of rotatable bonds is 5. The summed E-state index contributed by atoms with van der Waals surface area (Å²) in [4.78, 5) is 20.1. The maximum atomic E-state index is 11.1. The van der Waals surface area contributed by atoms with E-state index in [1.165, 1.54) is 11.3 Å². The molecule has 0 radical (unpaired) electrons. The van der Waals surface area contributed by atoms with Crippen molar-refractivity contribution >= 4 is 28.3 Å². The lowest BCUT2D eigenvalue weighted by Crippen LogP contribution is -1.98. The van der Waals surface area contributed by atoms with Crippen LogP contribution in [0.5, 0.6) is 11.5 Å². The van der Waals surface area contributed by atoms with Crippen molar-refractivity contribution in [3.63, 3.8) is 0 Å². The smallest absolute Gasteiger partial charge is 0.347 e. The fourth-order valence-corrected chi connectivity index (χ4v) is 3.28. The number of carboxylic acid groups (broad SMARTS) is 1. The average molecular weight is 333 g/mol. The van der Waals surface area contributed by atoms with Gasteiger partial charge in [-0.15, -0.1) is 11.3 Å². The normalized spacial score (nSPS) is 10.9. The SMILES string of the molecule is COc1cc2ncn(Cc3nc(C)c(C(=O)O)s3)c2cc1OC. The maximum Gasteiger partial charge on any atom is 0.347 e. The molecule has 2 heterocycles. The fraction of sp³-hybridized carbons (Fsp3) is 0.267. The summed E-state index contributed by atoms with van der Waals surface area (Å²) in [5, 5.41) is 9.84. The number of ether oxygens (including phenoxy) is 2. The number of imidazole rings is 1. The van der Waals surface area contributed by atoms with E-state index in [4.69, 9.17) is 14.6 Å². The molecule has 3 rings (SSSR count). The summed E-state index contributed by atoms with van der Waals surface area (Å²) in [6, 6.07) is 3.65. The summed E-state index contributed by atoms with van der Waals surface area (Å²) < 4.78 is 12.5. The number of thiazole rings is 1. The van der Waals surface area contributed by atoms with Gasteiger partial charge in [0.05, 0.1) is 43.8 Å². The van der Waals surface area contributed by atoms with E-state index in [0.717, 1.165) is 11.0 Å². The Kier molecular flexibility index (Phi) is 3.91. The summed E-state index contributed by atoms with van der Waals surface area (Å²) >= 11 is 1.18. The van der Waals surface area contributed by atoms with Gasteiger partial charge in [0, 0.05) is 12.1 Å². The van der Waals surface area contributed by atoms with Gasteiger partial charge in [-0.25, -0.2) is 14.8 Å². The van der Waals surface area contributed by atoms with E-state index in [1.807, 2.05) is 10.6 Å². The van der Waals surface area contributed by atoms with Crippen LogP contribution in [0, 0.1) is 6.92 Å². The Labute approximate surface area is 136 Å². The molecule has 2 aromatic heterocycles. The Bertz CT molecular complexity index is 884. The van der Waals surface area contributed by atoms with Crippen LogP contribution in [0.25, 0.3) is 11.0 Å². The van der Waals surface area contributed by atoms with Crippen LogP contribution >= 0.6 is 11.3 Å². The molecule has 0 aliphatic carbocycles. The van der Waals surface area contributed by atoms with Crippen molar-refractivity contribution in [2.75, 3.05) is 14.2 Å². The third-order valence-electron chi connectivity index (χ3n) is 3.47. The second-order valence-electron chi connectivity index (χ2n) is 4.90. The van der Waals surface area contributed by atoms with Crippen LogP contribution in [-0.2, 0) is 6.54 Å². The fourth-order valence-electron chi connectivity index (χ4n) is 2.38. The Morgan fingerprint density at radius 1 is 1.30 bits per heavy atom. The molecule has 8 heteroatoms. The van der Waals surface area contributed by atoms with Crippen molar-refractivity contribution < 1.29 is 19.4 Å². The molecule has 7 nitrogen and oxygen atoms in total. The van der Waals surface area contributed by atoms with Gasteiger partial charge >= 0.3 is 5.97 Å². The van der Waals surface area contributed by atoms with Crippen LogP contribution in [0.4, 0.5) is 0 Å². The van der Waals surface area contributed by atoms with Gasteiger partial charge in [0.25, 0.3) is 0 Å². The van der Waals surface area contributed by atoms with Crippen molar-refractivity contribution in [2.24, 2.45) is 0 Å². The first-order chi connectivity index (χ1) is 11.0. The Morgan fingerprint density at radius 3 is 2.61 bits per heavy atom. The highest BCUT2D eigenvalue weighted by atomic mass is 32.1. The van der Waals surface area contributed by atoms with Gasteiger partial charge in [-0.05, 0) is 6.92 Å². The maximum absolute atomic E-state index is 11.1. The number of methoxy groups -OCH3 is 2. The summed E-state index contributed by atoms with van der Waals surface area (Å²) in [5.74, 6) is 0.278. The Balaban J connectivity index is 2.00. The first-order valence-corrected chi connectivity index (χ1v) is 7.61. The quantitative estimate of drug-likeness (QED) is 0.772. The van der Waals surface area contributed by atoms with Crippen LogP contribution in [0.2, 0.25) is 0 Å². The number of fused-ring (bicyclic) bond motifs is 1. The molecular formula is C15H15N3O4S. The van der Waals surface area contributed by atoms with Crippen LogP contribution in [0.15, 0.2) is 18.5 Å². The molecule has 0 amide bonds. The van der Waals surface area contributed by atoms with Gasteiger partial charge in [0.1, 0.15) is 9.88 Å². The standard InChI is InChI=1S/C15H15N3O4S/c1-8-14(15(19)20)23-13(17-8)6-18-7-16-9-4-11(21-2)12(22-3)5-10(9)18/h4-5,7H,6H2,1-3H3,(H,19,20). The third-order valence-corrected chi connectivity index (χ3v) is 4.60. The molecule has 23 heavy (non-hydrogen) atoms. The predicted molar refractivity (Wildman–Crippen MR) is 85.7 cm³/mol. The minimum Gasteiger partial charge on any atom is -0.493 e. The van der Waals surface area contributed by atoms with E-state index in [2.05, 4.69) is 9.97 Å². The van der Waals surface area contributed by atoms with Crippen LogP contribution in [-0.4, -0.2) is 39.8 Å². The molecule has 0 aliphatic heterocycles. The van der Waals surface area contributed by atoms with E-state index >= 15 is 0 Å². The van der Waals surface area contributed by atoms with Crippen molar-refractivity contribution in [1.82, 2.24) is 14.5 Å². The lowest BCUT2D eigenvalue weighted by atomic mass is 10.2. The predicted octanol–water partition coefficient (Wildman–Crippen LogP) is 2.56. The number of aromatic carboxylic acids is 1. The molecule has 120 valence electrons. The average Bonchev–Trinajstić information content (AvgIpc) is 3.09. The zero-order valence-corrected chi connectivity index (χ0v) is 13.7. The third kappa shape index (κ3) is 2.72. The van der Waals surface area contributed by atoms with Gasteiger partial charge in [0.15, 0.2) is 11.5 Å². The van der Waals surface area contributed by atoms with Crippen LogP contribution < -0.4 is 9.47 Å². The van der Waals surface area contributed by atoms with Crippen LogP contribution in [0.3, 0.4) is 0 Å². The van der Waals surface area contributed by atoms with Crippen molar-refractivity contribution in [3.05, 3.63) is 34.0 Å². The van der Waals surface area contributed by atoms with Gasteiger partial charge < -0.3 is 19.1 Å². The first-order valence-electron chi connectivity index (χ1n) is 6.80. The topological polar surface area (TPSA) is 86.5 Å². The van der Waals surface area contributed by atoms with E-state index in [1.54, 1.807) is 33.5 Å². The van der Waals surface area contributed by atoms with Gasteiger partial charge in [-0.1, -0.05) is 0 Å². The molecule has 0 saturated carbocycles. The zero-order valence-electron chi connectivity index (χ0n) is 12.9. The van der Waals surface area contributed by atoms with E-state index in [9.17, 15) is 4.79 Å². The molecule has 1 N–H and O–H groups in total. The molecule has 1 aromatic carbocycles. The molecule has 0 aliphatic rings. The van der Waals surface area contributed by atoms with Gasteiger partial charge in [-0.2, -0.15) is 0 Å². The molecule has 0 unspecified atom stereocenters. The number of nitrogens with zero attached hydrogens (tertiary/aromatic N) is 3. The Hall–Kier alpha value is -2.61. The number of benzene rings is 1. The molecule has 0 fully saturated rings. The first kappa shape index (κ1) is 15.3. The van der Waals surface area contributed by atoms with E-state index < -0.39 is 5.97 Å². The monoisotopic (exact) mass is 333 g/mol. The van der Waals surface area contributed by atoms with Gasteiger partial charge in [0.2, 0.25) is 0 Å². The number of aryl methyl sites for hydroxylation is 1. The highest BCUT2D eigenvalue weighted by Crippen LogP contribution is 2.32. The molecule has 0 saturated heterocycles. The minimum atomic E-state index is -0.951. The van der Waals surface area contributed by atoms with Gasteiger partial charge in [-0.3, -0.25) is 0 Å². The largest absolute Gasteiger partial charge is 0.493 e. The number of hydrogen-bond acceptors (Lipinski definition) is 6. The summed E-state index contributed by atoms with van der Waals surface area (Å²) in [6.45, 7) is 2.15. The van der Waals surface area contributed by atoms with Crippen molar-refractivity contribution in [1.29, 1.82) is 0 Å². The number of hydrogen-bond donors (Lipinski definition) is 1. The highest BCUT2D eigenvalue weighted by molar-refractivity contribution is 7.13. The molecule has 0 spiro atoms. The minimum absolute atomic E-state index is 0.267. The second-order valence-corrected chi connectivity index (χ2v) is 5.98. The van der Waals surface area contributed by atoms with Crippen molar-refractivity contribution in [2.45, 2.75) is 13.5 Å². The van der Waals surface area contributed by atoms with Crippen molar-refractivity contribution in [3.8, 4) is 11.5 Å². The number of carbonyl (C=O) groups is 1. The van der Waals surface area contributed by atoms with E-state index in [-0.39, 0.29) is 4.88 Å². The lowest BCUT2D eigenvalue weighted by Gasteiger charge is -2.08. The molecule has 3 aromatic rings. The molecule has 0 bridgehead atoms. The summed E-state index contributed by atoms with van der Waals surface area (Å²) in [5.41, 5.74) is 2.17. The molecular weight excluding hydrogens is 318 g/mol. The lowest BCUT2D eigenvalue weighted by molar-refractivity contribution is 0.0701. The van der Waals surface area contributed by atoms with E-state index in [0.29, 0.717) is 28.7 Å². The Morgan fingerprint density at radius 2 is 2.00 bits per heavy atom. The second kappa shape index (κ2) is 5.88. The zero-order chi connectivity index (χ0) is 16.6. The highest BCUT2D eigenvalue weighted by Gasteiger charge is 2.16.